The average molecular weight is 435 g/mol. The van der Waals surface area contributed by atoms with Crippen LogP contribution in [0.15, 0.2) is 38.9 Å². The summed E-state index contributed by atoms with van der Waals surface area (Å²) in [6.07, 6.45) is 2.70. The maximum Gasteiger partial charge on any atom is 0.349 e. The zero-order valence-corrected chi connectivity index (χ0v) is 16.5. The summed E-state index contributed by atoms with van der Waals surface area (Å²) in [6.45, 7) is 3.62. The Labute approximate surface area is 172 Å². The van der Waals surface area contributed by atoms with E-state index in [0.29, 0.717) is 0 Å². The number of benzene rings is 1. The van der Waals surface area contributed by atoms with E-state index in [1.807, 2.05) is 18.8 Å². The van der Waals surface area contributed by atoms with Crippen LogP contribution in [0.4, 0.5) is 0 Å². The zero-order chi connectivity index (χ0) is 21.3. The van der Waals surface area contributed by atoms with E-state index in [2.05, 4.69) is 10.1 Å². The summed E-state index contributed by atoms with van der Waals surface area (Å²) in [4.78, 5) is 41.0. The van der Waals surface area contributed by atoms with Crippen molar-refractivity contribution in [3.05, 3.63) is 71.6 Å². The number of aromatic amines is 1. The predicted octanol–water partition coefficient (Wildman–Crippen LogP) is 2.03. The van der Waals surface area contributed by atoms with Crippen molar-refractivity contribution in [2.75, 3.05) is 0 Å². The molecule has 29 heavy (non-hydrogen) atoms. The molecule has 2 aromatic heterocycles. The molecule has 0 fully saturated rings. The van der Waals surface area contributed by atoms with Crippen LogP contribution >= 0.6 is 23.2 Å². The molecule has 0 radical (unpaired) electrons. The van der Waals surface area contributed by atoms with E-state index in [1.54, 1.807) is 6.07 Å². The van der Waals surface area contributed by atoms with Crippen molar-refractivity contribution in [2.45, 2.75) is 19.9 Å². The lowest BCUT2D eigenvalue weighted by molar-refractivity contribution is 0.458. The minimum atomic E-state index is -0.904. The highest BCUT2D eigenvalue weighted by Gasteiger charge is 2.16. The Balaban J connectivity index is 2.05. The van der Waals surface area contributed by atoms with Crippen LogP contribution in [0, 0.1) is 11.3 Å². The maximum atomic E-state index is 12.0. The van der Waals surface area contributed by atoms with Gasteiger partial charge in [0.05, 0.1) is 28.1 Å². The topological polar surface area (TPSA) is 136 Å². The second kappa shape index (κ2) is 7.90. The maximum absolute atomic E-state index is 12.0. The molecule has 1 N–H and O–H groups in total. The molecule has 0 aliphatic heterocycles. The highest BCUT2D eigenvalue weighted by Crippen LogP contribution is 2.37. The molecule has 0 saturated carbocycles. The first-order valence-electron chi connectivity index (χ1n) is 8.10. The summed E-state index contributed by atoms with van der Waals surface area (Å²) < 4.78 is 7.82. The molecule has 0 unspecified atom stereocenters. The molecule has 148 valence electrons. The molecule has 0 amide bonds. The van der Waals surface area contributed by atoms with Crippen LogP contribution in [0.1, 0.15) is 25.6 Å². The summed E-state index contributed by atoms with van der Waals surface area (Å²) in [5, 5.41) is 12.7. The van der Waals surface area contributed by atoms with Gasteiger partial charge in [-0.25, -0.2) is 9.59 Å². The summed E-state index contributed by atoms with van der Waals surface area (Å²) in [6, 6.07) is 4.09. The van der Waals surface area contributed by atoms with Gasteiger partial charge in [0.1, 0.15) is 6.07 Å². The molecule has 0 aliphatic rings. The molecule has 12 heteroatoms. The van der Waals surface area contributed by atoms with E-state index in [4.69, 9.17) is 33.2 Å². The molecule has 0 atom stereocenters. The summed E-state index contributed by atoms with van der Waals surface area (Å²) >= 11 is 12.5. The minimum Gasteiger partial charge on any atom is -0.451 e. The van der Waals surface area contributed by atoms with Crippen LogP contribution in [0.25, 0.3) is 5.69 Å². The molecular formula is C17H12Cl2N6O4. The van der Waals surface area contributed by atoms with Gasteiger partial charge >= 0.3 is 11.4 Å². The Kier molecular flexibility index (Phi) is 5.54. The van der Waals surface area contributed by atoms with Crippen molar-refractivity contribution in [3.63, 3.8) is 0 Å². The number of aromatic nitrogens is 5. The third-order valence-electron chi connectivity index (χ3n) is 3.73. The molecule has 3 rings (SSSR count). The van der Waals surface area contributed by atoms with Gasteiger partial charge in [-0.2, -0.15) is 14.9 Å². The largest absolute Gasteiger partial charge is 0.451 e. The normalized spacial score (nSPS) is 10.8. The number of H-pyrrole nitrogens is 1. The van der Waals surface area contributed by atoms with E-state index in [-0.39, 0.29) is 33.3 Å². The van der Waals surface area contributed by atoms with Crippen LogP contribution in [0.3, 0.4) is 0 Å². The van der Waals surface area contributed by atoms with E-state index in [0.717, 1.165) is 4.68 Å². The number of ether oxygens (including phenoxy) is 1. The van der Waals surface area contributed by atoms with E-state index < -0.39 is 22.6 Å². The van der Waals surface area contributed by atoms with Gasteiger partial charge in [-0.3, -0.25) is 14.3 Å². The lowest BCUT2D eigenvalue weighted by Gasteiger charge is -2.14. The summed E-state index contributed by atoms with van der Waals surface area (Å²) in [5.74, 6) is 0.284. The fourth-order valence-corrected chi connectivity index (χ4v) is 2.92. The quantitative estimate of drug-likeness (QED) is 0.662. The zero-order valence-electron chi connectivity index (χ0n) is 15.0. The van der Waals surface area contributed by atoms with Crippen molar-refractivity contribution < 1.29 is 4.74 Å². The van der Waals surface area contributed by atoms with Gasteiger partial charge in [0, 0.05) is 6.04 Å². The molecule has 10 nitrogen and oxygen atoms in total. The van der Waals surface area contributed by atoms with Gasteiger partial charge in [0.15, 0.2) is 11.5 Å². The van der Waals surface area contributed by atoms with Crippen LogP contribution < -0.4 is 21.7 Å². The van der Waals surface area contributed by atoms with Crippen LogP contribution in [-0.4, -0.2) is 24.3 Å². The van der Waals surface area contributed by atoms with Crippen molar-refractivity contribution in [1.82, 2.24) is 24.3 Å². The smallest absolute Gasteiger partial charge is 0.349 e. The molecule has 2 heterocycles. The fourth-order valence-electron chi connectivity index (χ4n) is 2.37. The van der Waals surface area contributed by atoms with Crippen molar-refractivity contribution in [3.8, 4) is 23.3 Å². The molecule has 0 aliphatic carbocycles. The Morgan fingerprint density at radius 3 is 2.45 bits per heavy atom. The number of nitrogens with zero attached hydrogens (tertiary/aromatic N) is 5. The molecule has 1 aromatic carbocycles. The van der Waals surface area contributed by atoms with Gasteiger partial charge in [0.2, 0.25) is 5.69 Å². The predicted molar refractivity (Wildman–Crippen MR) is 104 cm³/mol. The van der Waals surface area contributed by atoms with Crippen molar-refractivity contribution in [1.29, 1.82) is 5.26 Å². The summed E-state index contributed by atoms with van der Waals surface area (Å²) in [7, 11) is 0. The van der Waals surface area contributed by atoms with Gasteiger partial charge < -0.3 is 4.74 Å². The number of hydrogen-bond donors (Lipinski definition) is 1. The van der Waals surface area contributed by atoms with Gasteiger partial charge in [-0.15, -0.1) is 5.10 Å². The number of halogens is 2. The molecule has 0 spiro atoms. The lowest BCUT2D eigenvalue weighted by Crippen LogP contribution is -2.33. The first kappa shape index (κ1) is 20.3. The highest BCUT2D eigenvalue weighted by atomic mass is 35.5. The molecule has 3 aromatic rings. The molecular weight excluding hydrogens is 423 g/mol. The molecule has 0 saturated heterocycles. The van der Waals surface area contributed by atoms with E-state index in [1.165, 1.54) is 29.1 Å². The Morgan fingerprint density at radius 1 is 1.21 bits per heavy atom. The second-order valence-electron chi connectivity index (χ2n) is 6.05. The van der Waals surface area contributed by atoms with E-state index >= 15 is 0 Å². The Morgan fingerprint density at radius 2 is 1.86 bits per heavy atom. The first-order chi connectivity index (χ1) is 13.7. The monoisotopic (exact) mass is 434 g/mol. The third kappa shape index (κ3) is 4.06. The average Bonchev–Trinajstić information content (AvgIpc) is 2.65. The second-order valence-corrected chi connectivity index (χ2v) is 6.86. The number of nitriles is 1. The highest BCUT2D eigenvalue weighted by molar-refractivity contribution is 6.37. The standard InChI is InChI=1S/C17H12Cl2N6O4/c1-8(2)24-7-10(6-21-16(24)27)29-14-11(18)3-9(4-12(14)19)25-17(28)22-15(26)13(5-20)23-25/h3-4,6-8H,1-2H3,(H,22,26,28). The number of nitrogens with one attached hydrogen (secondary N) is 1. The van der Waals surface area contributed by atoms with Crippen molar-refractivity contribution >= 4 is 23.2 Å². The summed E-state index contributed by atoms with van der Waals surface area (Å²) in [5.41, 5.74) is -2.60. The lowest BCUT2D eigenvalue weighted by atomic mass is 10.3. The van der Waals surface area contributed by atoms with Gasteiger partial charge in [-0.1, -0.05) is 23.2 Å². The third-order valence-corrected chi connectivity index (χ3v) is 4.29. The van der Waals surface area contributed by atoms with Gasteiger partial charge in [-0.05, 0) is 26.0 Å². The van der Waals surface area contributed by atoms with Gasteiger partial charge in [0.25, 0.3) is 5.56 Å². The Bertz CT molecular complexity index is 1300. The SMILES string of the molecule is CC(C)n1cc(Oc2c(Cl)cc(-n3nc(C#N)c(=O)[nH]c3=O)cc2Cl)cnc1=O. The number of rotatable bonds is 4. The van der Waals surface area contributed by atoms with Crippen LogP contribution in [-0.2, 0) is 0 Å². The number of hydrogen-bond acceptors (Lipinski definition) is 7. The van der Waals surface area contributed by atoms with Crippen molar-refractivity contribution in [2.24, 2.45) is 0 Å². The fraction of sp³-hybridized carbons (Fsp3) is 0.176. The minimum absolute atomic E-state index is 0.0215. The first-order valence-corrected chi connectivity index (χ1v) is 8.86. The van der Waals surface area contributed by atoms with Crippen LogP contribution in [0.2, 0.25) is 10.0 Å². The Hall–Kier alpha value is -3.42. The molecule has 0 bridgehead atoms. The van der Waals surface area contributed by atoms with Crippen LogP contribution in [0.5, 0.6) is 11.5 Å². The van der Waals surface area contributed by atoms with E-state index in [9.17, 15) is 14.4 Å².